The Labute approximate surface area is 125 Å². The van der Waals surface area contributed by atoms with Crippen LogP contribution < -0.4 is 10.6 Å². The van der Waals surface area contributed by atoms with Gasteiger partial charge in [0.1, 0.15) is 0 Å². The molecule has 0 atom stereocenters. The lowest BCUT2D eigenvalue weighted by atomic mass is 10.1. The number of benzene rings is 1. The zero-order valence-corrected chi connectivity index (χ0v) is 12.5. The monoisotopic (exact) mass is 289 g/mol. The van der Waals surface area contributed by atoms with Crippen LogP contribution in [-0.2, 0) is 4.79 Å². The Morgan fingerprint density at radius 3 is 2.24 bits per heavy atom. The predicted octanol–water partition coefficient (Wildman–Crippen LogP) is 1.28. The third-order valence-corrected chi connectivity index (χ3v) is 3.87. The Bertz CT molecular complexity index is 491. The van der Waals surface area contributed by atoms with Gasteiger partial charge >= 0.3 is 0 Å². The zero-order chi connectivity index (χ0) is 15.2. The third kappa shape index (κ3) is 4.04. The summed E-state index contributed by atoms with van der Waals surface area (Å²) in [6, 6.07) is 7.66. The molecule has 0 saturated carbocycles. The molecule has 0 bridgehead atoms. The van der Waals surface area contributed by atoms with E-state index in [0.717, 1.165) is 43.9 Å². The Balaban J connectivity index is 1.88. The van der Waals surface area contributed by atoms with E-state index in [1.807, 2.05) is 29.2 Å². The highest BCUT2D eigenvalue weighted by atomic mass is 16.2. The Kier molecular flexibility index (Phi) is 5.33. The highest BCUT2D eigenvalue weighted by Gasteiger charge is 2.20. The number of hydrogen-bond donors (Lipinski definition) is 1. The molecule has 1 aromatic rings. The molecule has 2 N–H and O–H groups in total. The molecule has 1 aromatic carbocycles. The van der Waals surface area contributed by atoms with Gasteiger partial charge in [-0.2, -0.15) is 0 Å². The summed E-state index contributed by atoms with van der Waals surface area (Å²) in [5.74, 6) is 0.281. The van der Waals surface area contributed by atoms with Gasteiger partial charge in [0.05, 0.1) is 0 Å². The molecule has 5 heteroatoms. The molecule has 0 aromatic heterocycles. The van der Waals surface area contributed by atoms with E-state index in [-0.39, 0.29) is 11.7 Å². The van der Waals surface area contributed by atoms with Crippen LogP contribution in [0.3, 0.4) is 0 Å². The van der Waals surface area contributed by atoms with Gasteiger partial charge in [-0.15, -0.1) is 0 Å². The maximum atomic E-state index is 11.9. The van der Waals surface area contributed by atoms with Crippen LogP contribution in [0.4, 0.5) is 5.69 Å². The van der Waals surface area contributed by atoms with Crippen molar-refractivity contribution < 1.29 is 9.59 Å². The van der Waals surface area contributed by atoms with E-state index in [1.165, 1.54) is 0 Å². The minimum absolute atomic E-state index is 0.0804. The summed E-state index contributed by atoms with van der Waals surface area (Å²) >= 11 is 0. The molecule has 21 heavy (non-hydrogen) atoms. The number of amides is 1. The van der Waals surface area contributed by atoms with Crippen LogP contribution in [0, 0.1) is 0 Å². The van der Waals surface area contributed by atoms with E-state index in [4.69, 9.17) is 5.73 Å². The van der Waals surface area contributed by atoms with Crippen molar-refractivity contribution in [1.82, 2.24) is 4.90 Å². The second-order valence-electron chi connectivity index (χ2n) is 5.36. The van der Waals surface area contributed by atoms with Crippen molar-refractivity contribution in [1.29, 1.82) is 0 Å². The van der Waals surface area contributed by atoms with E-state index < -0.39 is 0 Å². The molecule has 0 spiro atoms. The van der Waals surface area contributed by atoms with Crippen LogP contribution in [-0.4, -0.2) is 49.3 Å². The topological polar surface area (TPSA) is 66.6 Å². The second-order valence-corrected chi connectivity index (χ2v) is 5.36. The molecule has 5 nitrogen and oxygen atoms in total. The van der Waals surface area contributed by atoms with E-state index in [1.54, 1.807) is 6.92 Å². The number of piperazine rings is 1. The molecule has 1 amide bonds. The number of carbonyl (C=O) groups excluding carboxylic acids is 2. The van der Waals surface area contributed by atoms with Crippen LogP contribution >= 0.6 is 0 Å². The van der Waals surface area contributed by atoms with E-state index >= 15 is 0 Å². The number of hydrogen-bond acceptors (Lipinski definition) is 4. The van der Waals surface area contributed by atoms with Crippen molar-refractivity contribution in [3.8, 4) is 0 Å². The minimum atomic E-state index is 0.0804. The van der Waals surface area contributed by atoms with E-state index in [9.17, 15) is 9.59 Å². The summed E-state index contributed by atoms with van der Waals surface area (Å²) in [6.45, 7) is 5.28. The minimum Gasteiger partial charge on any atom is -0.368 e. The van der Waals surface area contributed by atoms with Crippen LogP contribution in [0.5, 0.6) is 0 Å². The maximum absolute atomic E-state index is 11.9. The molecule has 0 aliphatic carbocycles. The molecule has 1 aliphatic rings. The van der Waals surface area contributed by atoms with Gasteiger partial charge in [-0.1, -0.05) is 0 Å². The average molecular weight is 289 g/mol. The molecule has 1 fully saturated rings. The Hall–Kier alpha value is -1.88. The average Bonchev–Trinajstić information content (AvgIpc) is 2.53. The second kappa shape index (κ2) is 7.22. The predicted molar refractivity (Wildman–Crippen MR) is 83.5 cm³/mol. The molecule has 1 heterocycles. The highest BCUT2D eigenvalue weighted by molar-refractivity contribution is 5.94. The molecule has 2 rings (SSSR count). The van der Waals surface area contributed by atoms with Gasteiger partial charge in [-0.3, -0.25) is 9.59 Å². The number of nitrogens with two attached hydrogens (primary N) is 1. The largest absolute Gasteiger partial charge is 0.368 e. The standard InChI is InChI=1S/C16H23N3O2/c1-13(20)14-4-6-15(7-5-14)18-9-11-19(12-10-18)16(21)3-2-8-17/h4-7H,2-3,8-12,17H2,1H3. The smallest absolute Gasteiger partial charge is 0.222 e. The summed E-state index contributed by atoms with van der Waals surface area (Å²) in [5, 5.41) is 0. The number of nitrogens with zero attached hydrogens (tertiary/aromatic N) is 2. The first-order valence-corrected chi connectivity index (χ1v) is 7.45. The van der Waals surface area contributed by atoms with Gasteiger partial charge in [-0.25, -0.2) is 0 Å². The van der Waals surface area contributed by atoms with Crippen molar-refractivity contribution in [3.63, 3.8) is 0 Å². The summed E-state index contributed by atoms with van der Waals surface area (Å²) < 4.78 is 0. The fraction of sp³-hybridized carbons (Fsp3) is 0.500. The van der Waals surface area contributed by atoms with Crippen molar-refractivity contribution in [3.05, 3.63) is 29.8 Å². The quantitative estimate of drug-likeness (QED) is 0.829. The van der Waals surface area contributed by atoms with Crippen LogP contribution in [0.1, 0.15) is 30.1 Å². The SMILES string of the molecule is CC(=O)c1ccc(N2CCN(C(=O)CCCN)CC2)cc1. The number of ketones is 1. The molecule has 1 saturated heterocycles. The number of anilines is 1. The van der Waals surface area contributed by atoms with Gasteiger partial charge in [0.25, 0.3) is 0 Å². The third-order valence-electron chi connectivity index (χ3n) is 3.87. The lowest BCUT2D eigenvalue weighted by Crippen LogP contribution is -2.48. The molecular weight excluding hydrogens is 266 g/mol. The van der Waals surface area contributed by atoms with Gasteiger partial charge in [0.2, 0.25) is 5.91 Å². The fourth-order valence-electron chi connectivity index (χ4n) is 2.53. The normalized spacial score (nSPS) is 15.1. The van der Waals surface area contributed by atoms with Crippen molar-refractivity contribution in [2.24, 2.45) is 5.73 Å². The van der Waals surface area contributed by atoms with Gasteiger partial charge in [-0.05, 0) is 44.2 Å². The number of carbonyl (C=O) groups is 2. The highest BCUT2D eigenvalue weighted by Crippen LogP contribution is 2.18. The Morgan fingerprint density at radius 1 is 1.10 bits per heavy atom. The fourth-order valence-corrected chi connectivity index (χ4v) is 2.53. The summed E-state index contributed by atoms with van der Waals surface area (Å²) in [7, 11) is 0. The van der Waals surface area contributed by atoms with Crippen molar-refractivity contribution in [2.75, 3.05) is 37.6 Å². The Morgan fingerprint density at radius 2 is 1.71 bits per heavy atom. The van der Waals surface area contributed by atoms with Crippen molar-refractivity contribution in [2.45, 2.75) is 19.8 Å². The molecule has 114 valence electrons. The molecule has 1 aliphatic heterocycles. The lowest BCUT2D eigenvalue weighted by Gasteiger charge is -2.36. The van der Waals surface area contributed by atoms with Crippen LogP contribution in [0.25, 0.3) is 0 Å². The molecule has 0 radical (unpaired) electrons. The van der Waals surface area contributed by atoms with Crippen LogP contribution in [0.2, 0.25) is 0 Å². The van der Waals surface area contributed by atoms with Gasteiger partial charge in [0, 0.05) is 43.9 Å². The molecule has 0 unspecified atom stereocenters. The summed E-state index contributed by atoms with van der Waals surface area (Å²) in [6.07, 6.45) is 1.30. The summed E-state index contributed by atoms with van der Waals surface area (Å²) in [5.41, 5.74) is 7.27. The molecular formula is C16H23N3O2. The van der Waals surface area contributed by atoms with Crippen molar-refractivity contribution >= 4 is 17.4 Å². The van der Waals surface area contributed by atoms with E-state index in [0.29, 0.717) is 13.0 Å². The number of Topliss-reactive ketones (excluding diaryl/α,β-unsaturated/α-hetero) is 1. The van der Waals surface area contributed by atoms with Gasteiger partial charge < -0.3 is 15.5 Å². The first-order valence-electron chi connectivity index (χ1n) is 7.45. The zero-order valence-electron chi connectivity index (χ0n) is 12.5. The van der Waals surface area contributed by atoms with E-state index in [2.05, 4.69) is 4.90 Å². The lowest BCUT2D eigenvalue weighted by molar-refractivity contribution is -0.131. The maximum Gasteiger partial charge on any atom is 0.222 e. The number of rotatable bonds is 5. The first-order chi connectivity index (χ1) is 10.1. The first kappa shape index (κ1) is 15.5. The van der Waals surface area contributed by atoms with Gasteiger partial charge in [0.15, 0.2) is 5.78 Å². The van der Waals surface area contributed by atoms with Crippen LogP contribution in [0.15, 0.2) is 24.3 Å². The summed E-state index contributed by atoms with van der Waals surface area (Å²) in [4.78, 5) is 27.4.